The molecule has 0 aliphatic carbocycles. The van der Waals surface area contributed by atoms with Gasteiger partial charge < -0.3 is 35.2 Å². The molecule has 0 unspecified atom stereocenters. The maximum atomic E-state index is 13.3. The van der Waals surface area contributed by atoms with Gasteiger partial charge in [-0.25, -0.2) is 4.98 Å². The van der Waals surface area contributed by atoms with Crippen LogP contribution in [0.5, 0.6) is 11.5 Å². The second-order valence-electron chi connectivity index (χ2n) is 12.9. The monoisotopic (exact) mass is 760 g/mol. The first-order valence-corrected chi connectivity index (χ1v) is 17.8. The van der Waals surface area contributed by atoms with Crippen LogP contribution < -0.4 is 25.4 Å². The summed E-state index contributed by atoms with van der Waals surface area (Å²) in [5, 5.41) is 3.53. The molecule has 0 radical (unpaired) electrons. The first-order chi connectivity index (χ1) is 25.5. The maximum Gasteiger partial charge on any atom is 0.257 e. The number of carbonyl (C=O) groups excluding carboxylic acids is 1. The Bertz CT molecular complexity index is 1960. The Labute approximate surface area is 320 Å². The van der Waals surface area contributed by atoms with Gasteiger partial charge in [0.05, 0.1) is 64.8 Å². The summed E-state index contributed by atoms with van der Waals surface area (Å²) in [7, 11) is 11.3. The second-order valence-corrected chi connectivity index (χ2v) is 13.7. The number of hydrogen-bond donors (Lipinski definition) is 2. The number of methoxy groups -OCH3 is 2. The highest BCUT2D eigenvalue weighted by Crippen LogP contribution is 2.47. The average Bonchev–Trinajstić information content (AvgIpc) is 3.16. The fourth-order valence-corrected chi connectivity index (χ4v) is 6.38. The molecule has 13 nitrogen and oxygen atoms in total. The van der Waals surface area contributed by atoms with E-state index in [9.17, 15) is 4.79 Å². The lowest BCUT2D eigenvalue weighted by Gasteiger charge is -2.32. The van der Waals surface area contributed by atoms with E-state index in [4.69, 9.17) is 38.4 Å². The molecule has 6 rings (SSSR count). The van der Waals surface area contributed by atoms with E-state index in [0.717, 1.165) is 57.3 Å². The molecule has 280 valence electrons. The smallest absolute Gasteiger partial charge is 0.257 e. The van der Waals surface area contributed by atoms with E-state index >= 15 is 0 Å². The molecular weight excluding hydrogens is 715 g/mol. The van der Waals surface area contributed by atoms with Crippen molar-refractivity contribution >= 4 is 57.3 Å². The van der Waals surface area contributed by atoms with Gasteiger partial charge in [-0.05, 0) is 51.5 Å². The quantitative estimate of drug-likeness (QED) is 0.171. The molecule has 15 heteroatoms. The minimum atomic E-state index is -0.332. The predicted octanol–water partition coefficient (Wildman–Crippen LogP) is 5.68. The molecule has 2 aromatic carbocycles. The van der Waals surface area contributed by atoms with E-state index in [2.05, 4.69) is 66.0 Å². The fraction of sp³-hybridized carbons (Fsp3) is 0.342. The van der Waals surface area contributed by atoms with E-state index in [1.807, 2.05) is 31.3 Å². The topological polar surface area (TPSA) is 138 Å². The molecule has 5 aromatic rings. The Morgan fingerprint density at radius 2 is 1.53 bits per heavy atom. The zero-order valence-corrected chi connectivity index (χ0v) is 32.4. The van der Waals surface area contributed by atoms with Crippen LogP contribution in [0.1, 0.15) is 16.1 Å². The Morgan fingerprint density at radius 1 is 0.849 bits per heavy atom. The summed E-state index contributed by atoms with van der Waals surface area (Å²) < 4.78 is 10.8. The lowest BCUT2D eigenvalue weighted by molar-refractivity contribution is 0.102. The Morgan fingerprint density at radius 3 is 2.11 bits per heavy atom. The summed E-state index contributed by atoms with van der Waals surface area (Å²) in [5.41, 5.74) is 10.1. The normalized spacial score (nSPS) is 13.4. The Hall–Kier alpha value is -4.79. The number of hydrogen-bond acceptors (Lipinski definition) is 12. The molecule has 0 spiro atoms. The number of carbonyl (C=O) groups is 1. The van der Waals surface area contributed by atoms with Crippen molar-refractivity contribution in [2.24, 2.45) is 0 Å². The van der Waals surface area contributed by atoms with Gasteiger partial charge >= 0.3 is 0 Å². The van der Waals surface area contributed by atoms with Crippen LogP contribution in [0.3, 0.4) is 0 Å². The molecule has 1 aliphatic heterocycles. The van der Waals surface area contributed by atoms with Crippen molar-refractivity contribution in [2.75, 3.05) is 97.6 Å². The van der Waals surface area contributed by atoms with Crippen molar-refractivity contribution in [2.45, 2.75) is 6.54 Å². The molecule has 4 heterocycles. The molecule has 0 bridgehead atoms. The van der Waals surface area contributed by atoms with E-state index in [1.165, 1.54) is 20.4 Å². The molecule has 1 aliphatic rings. The Balaban J connectivity index is 0.000000326. The number of halogens is 2. The highest BCUT2D eigenvalue weighted by atomic mass is 35.5. The highest BCUT2D eigenvalue weighted by molar-refractivity contribution is 6.41. The Kier molecular flexibility index (Phi) is 13.6. The third-order valence-electron chi connectivity index (χ3n) is 8.82. The minimum Gasteiger partial charge on any atom is -0.495 e. The number of rotatable bonds is 11. The third kappa shape index (κ3) is 10.0. The van der Waals surface area contributed by atoms with Crippen LogP contribution in [0.2, 0.25) is 10.0 Å². The van der Waals surface area contributed by atoms with Crippen LogP contribution in [-0.2, 0) is 6.54 Å². The number of pyridine rings is 2. The van der Waals surface area contributed by atoms with Crippen molar-refractivity contribution in [3.8, 4) is 22.6 Å². The van der Waals surface area contributed by atoms with Crippen LogP contribution in [0.25, 0.3) is 22.2 Å². The maximum absolute atomic E-state index is 13.3. The second kappa shape index (κ2) is 18.3. The lowest BCUT2D eigenvalue weighted by atomic mass is 9.99. The number of nitrogens with two attached hydrogens (primary N) is 1. The SMILES string of the molecule is CN(C)CCN(C)c1ccc(N)cn1.COc1cc(OC)c(Cl)c(-c2ccc(C(=O)Nc3ccc(CN4CCN(C)CC4)nc3)c3nccnc23)c1Cl. The molecule has 0 atom stereocenters. The van der Waals surface area contributed by atoms with Crippen molar-refractivity contribution < 1.29 is 14.3 Å². The first kappa shape index (κ1) is 39.4. The van der Waals surface area contributed by atoms with Gasteiger partial charge in [-0.3, -0.25) is 24.6 Å². The number of piperazine rings is 1. The van der Waals surface area contributed by atoms with Gasteiger partial charge in [-0.15, -0.1) is 0 Å². The van der Waals surface area contributed by atoms with Gasteiger partial charge in [-0.2, -0.15) is 0 Å². The van der Waals surface area contributed by atoms with Crippen LogP contribution in [0.15, 0.2) is 67.3 Å². The number of nitrogens with zero attached hydrogens (tertiary/aromatic N) is 8. The molecule has 53 heavy (non-hydrogen) atoms. The number of ether oxygens (including phenoxy) is 2. The van der Waals surface area contributed by atoms with E-state index < -0.39 is 0 Å². The van der Waals surface area contributed by atoms with Gasteiger partial charge in [0, 0.05) is 82.4 Å². The number of nitrogens with one attached hydrogen (secondary N) is 1. The lowest BCUT2D eigenvalue weighted by Crippen LogP contribution is -2.43. The van der Waals surface area contributed by atoms with Gasteiger partial charge in [-0.1, -0.05) is 29.3 Å². The number of amides is 1. The number of anilines is 3. The van der Waals surface area contributed by atoms with Crippen molar-refractivity contribution in [1.29, 1.82) is 0 Å². The van der Waals surface area contributed by atoms with Gasteiger partial charge in [0.2, 0.25) is 0 Å². The summed E-state index contributed by atoms with van der Waals surface area (Å²) in [4.78, 5) is 40.1. The summed E-state index contributed by atoms with van der Waals surface area (Å²) in [6, 6.07) is 12.6. The minimum absolute atomic E-state index is 0.301. The van der Waals surface area contributed by atoms with E-state index in [1.54, 1.807) is 36.8 Å². The molecule has 1 fully saturated rings. The van der Waals surface area contributed by atoms with Crippen LogP contribution in [0, 0.1) is 0 Å². The summed E-state index contributed by atoms with van der Waals surface area (Å²) in [6.07, 6.45) is 6.44. The first-order valence-electron chi connectivity index (χ1n) is 17.1. The van der Waals surface area contributed by atoms with Gasteiger partial charge in [0.25, 0.3) is 5.91 Å². The molecular formula is C38H46Cl2N10O3. The van der Waals surface area contributed by atoms with Crippen LogP contribution >= 0.6 is 23.2 Å². The number of nitrogen functional groups attached to an aromatic ring is 1. The van der Waals surface area contributed by atoms with E-state index in [0.29, 0.717) is 60.6 Å². The zero-order valence-electron chi connectivity index (χ0n) is 30.9. The summed E-state index contributed by atoms with van der Waals surface area (Å²) >= 11 is 13.3. The largest absolute Gasteiger partial charge is 0.495 e. The van der Waals surface area contributed by atoms with Crippen molar-refractivity contribution in [1.82, 2.24) is 34.6 Å². The van der Waals surface area contributed by atoms with Gasteiger partial charge in [0.15, 0.2) is 0 Å². The molecule has 3 aromatic heterocycles. The van der Waals surface area contributed by atoms with Gasteiger partial charge in [0.1, 0.15) is 22.8 Å². The molecule has 0 saturated carbocycles. The van der Waals surface area contributed by atoms with Crippen molar-refractivity contribution in [3.05, 3.63) is 88.6 Å². The third-order valence-corrected chi connectivity index (χ3v) is 9.57. The van der Waals surface area contributed by atoms with E-state index in [-0.39, 0.29) is 5.91 Å². The molecule has 1 amide bonds. The number of fused-ring (bicyclic) bond motifs is 1. The molecule has 1 saturated heterocycles. The van der Waals surface area contributed by atoms with Crippen LogP contribution in [-0.4, -0.2) is 122 Å². The predicted molar refractivity (Wildman–Crippen MR) is 214 cm³/mol. The average molecular weight is 762 g/mol. The molecule has 3 N–H and O–H groups in total. The fourth-order valence-electron chi connectivity index (χ4n) is 5.68. The van der Waals surface area contributed by atoms with Crippen molar-refractivity contribution in [3.63, 3.8) is 0 Å². The summed E-state index contributed by atoms with van der Waals surface area (Å²) in [5.74, 6) is 1.42. The standard InChI is InChI=1S/C28H28Cl2N6O3.C10H18N4/c1-35-10-12-36(13-11-35)16-18-5-4-17(15-33-18)34-28(37)20-7-6-19(26-27(20)32-9-8-31-26)23-24(29)21(38-2)14-22(39-3)25(23)30;1-13(2)6-7-14(3)10-5-4-9(11)8-12-10/h4-9,14-15H,10-13,16H2,1-3H3,(H,34,37);4-5,8H,6-7,11H2,1-3H3. The van der Waals surface area contributed by atoms with Crippen LogP contribution in [0.4, 0.5) is 17.2 Å². The number of likely N-dealkylation sites (N-methyl/N-ethyl adjacent to an activating group) is 3. The number of benzene rings is 2. The highest BCUT2D eigenvalue weighted by Gasteiger charge is 2.23. The zero-order chi connectivity index (χ0) is 38.1. The number of aromatic nitrogens is 4. The summed E-state index contributed by atoms with van der Waals surface area (Å²) in [6.45, 7) is 6.89.